The fourth-order valence-electron chi connectivity index (χ4n) is 2.87. The number of nitrogens with zero attached hydrogens (tertiary/aromatic N) is 1. The van der Waals surface area contributed by atoms with E-state index in [4.69, 9.17) is 21.7 Å². The first-order chi connectivity index (χ1) is 13.9. The van der Waals surface area contributed by atoms with Crippen LogP contribution in [-0.4, -0.2) is 28.8 Å². The Bertz CT molecular complexity index is 957. The number of methoxy groups -OCH3 is 1. The van der Waals surface area contributed by atoms with E-state index >= 15 is 0 Å². The van der Waals surface area contributed by atoms with Crippen LogP contribution in [0.2, 0.25) is 0 Å². The molecule has 4 nitrogen and oxygen atoms in total. The van der Waals surface area contributed by atoms with Gasteiger partial charge in [0.2, 0.25) is 0 Å². The minimum Gasteiger partial charge on any atom is -0.493 e. The van der Waals surface area contributed by atoms with Gasteiger partial charge in [-0.1, -0.05) is 60.7 Å². The van der Waals surface area contributed by atoms with Gasteiger partial charge in [0.1, 0.15) is 10.9 Å². The average molecular weight is 539 g/mol. The molecular formula is C22H22INO3S2. The standard InChI is InChI=1S/C22H22INO3S2/c1-4-9-24-21(25)19(29-22(24)28)12-16-10-17(23)20(18(11-16)26-3)27-13-15-7-5-14(2)6-8-15/h5-8,10-12H,4,9,13H2,1-3H3/b19-12+. The van der Waals surface area contributed by atoms with Crippen LogP contribution in [0.25, 0.3) is 6.08 Å². The predicted octanol–water partition coefficient (Wildman–Crippen LogP) is 5.80. The molecule has 0 N–H and O–H groups in total. The van der Waals surface area contributed by atoms with Gasteiger partial charge in [-0.25, -0.2) is 0 Å². The Hall–Kier alpha value is -1.58. The Morgan fingerprint density at radius 2 is 1.97 bits per heavy atom. The highest BCUT2D eigenvalue weighted by atomic mass is 127. The molecule has 152 valence electrons. The van der Waals surface area contributed by atoms with Gasteiger partial charge in [-0.2, -0.15) is 0 Å². The number of hydrogen-bond acceptors (Lipinski definition) is 5. The van der Waals surface area contributed by atoms with E-state index in [0.717, 1.165) is 21.1 Å². The van der Waals surface area contributed by atoms with Crippen LogP contribution in [-0.2, 0) is 11.4 Å². The number of carbonyl (C=O) groups is 1. The van der Waals surface area contributed by atoms with Crippen molar-refractivity contribution >= 4 is 62.9 Å². The zero-order chi connectivity index (χ0) is 21.0. The second kappa shape index (κ2) is 9.95. The molecule has 1 aliphatic rings. The number of hydrogen-bond donors (Lipinski definition) is 0. The summed E-state index contributed by atoms with van der Waals surface area (Å²) < 4.78 is 13.1. The van der Waals surface area contributed by atoms with Crippen LogP contribution in [0.15, 0.2) is 41.3 Å². The van der Waals surface area contributed by atoms with Crippen molar-refractivity contribution in [3.63, 3.8) is 0 Å². The molecule has 1 aliphatic heterocycles. The van der Waals surface area contributed by atoms with Gasteiger partial charge in [-0.3, -0.25) is 9.69 Å². The largest absolute Gasteiger partial charge is 0.493 e. The monoisotopic (exact) mass is 539 g/mol. The lowest BCUT2D eigenvalue weighted by Gasteiger charge is -2.14. The van der Waals surface area contributed by atoms with Crippen molar-refractivity contribution in [2.75, 3.05) is 13.7 Å². The molecule has 29 heavy (non-hydrogen) atoms. The van der Waals surface area contributed by atoms with E-state index in [-0.39, 0.29) is 5.91 Å². The summed E-state index contributed by atoms with van der Waals surface area (Å²) in [6, 6.07) is 12.1. The third-order valence-electron chi connectivity index (χ3n) is 4.37. The van der Waals surface area contributed by atoms with Crippen molar-refractivity contribution in [1.82, 2.24) is 4.90 Å². The fourth-order valence-corrected chi connectivity index (χ4v) is 4.96. The Morgan fingerprint density at radius 3 is 2.62 bits per heavy atom. The Labute approximate surface area is 194 Å². The van der Waals surface area contributed by atoms with Gasteiger partial charge in [0, 0.05) is 6.54 Å². The molecule has 1 heterocycles. The average Bonchev–Trinajstić information content (AvgIpc) is 2.96. The summed E-state index contributed by atoms with van der Waals surface area (Å²) in [5.74, 6) is 1.30. The van der Waals surface area contributed by atoms with Gasteiger partial charge in [0.15, 0.2) is 11.5 Å². The molecule has 0 unspecified atom stereocenters. The van der Waals surface area contributed by atoms with Crippen LogP contribution in [0.5, 0.6) is 11.5 Å². The number of thioether (sulfide) groups is 1. The quantitative estimate of drug-likeness (QED) is 0.253. The highest BCUT2D eigenvalue weighted by Crippen LogP contribution is 2.37. The first kappa shape index (κ1) is 22.1. The molecule has 0 bridgehead atoms. The SMILES string of the molecule is CCCN1C(=O)/C(=C\c2cc(I)c(OCc3ccc(C)cc3)c(OC)c2)SC1=S. The Morgan fingerprint density at radius 1 is 1.24 bits per heavy atom. The van der Waals surface area contributed by atoms with E-state index in [9.17, 15) is 4.79 Å². The van der Waals surface area contributed by atoms with E-state index in [2.05, 4.69) is 53.8 Å². The highest BCUT2D eigenvalue weighted by Gasteiger charge is 2.31. The second-order valence-electron chi connectivity index (χ2n) is 6.64. The second-order valence-corrected chi connectivity index (χ2v) is 9.48. The van der Waals surface area contributed by atoms with E-state index in [1.54, 1.807) is 12.0 Å². The summed E-state index contributed by atoms with van der Waals surface area (Å²) in [7, 11) is 1.62. The Balaban J connectivity index is 1.82. The molecule has 0 spiro atoms. The predicted molar refractivity (Wildman–Crippen MR) is 131 cm³/mol. The van der Waals surface area contributed by atoms with E-state index < -0.39 is 0 Å². The molecule has 0 saturated carbocycles. The number of ether oxygens (including phenoxy) is 2. The molecule has 2 aromatic rings. The van der Waals surface area contributed by atoms with Crippen LogP contribution in [0.3, 0.4) is 0 Å². The van der Waals surface area contributed by atoms with Crippen LogP contribution >= 0.6 is 46.6 Å². The minimum atomic E-state index is -0.0319. The van der Waals surface area contributed by atoms with Gasteiger partial charge >= 0.3 is 0 Å². The van der Waals surface area contributed by atoms with Gasteiger partial charge in [0.05, 0.1) is 15.6 Å². The molecule has 1 saturated heterocycles. The normalized spacial score (nSPS) is 15.3. The zero-order valence-electron chi connectivity index (χ0n) is 16.5. The molecule has 0 aromatic heterocycles. The van der Waals surface area contributed by atoms with Gasteiger partial charge < -0.3 is 9.47 Å². The fraction of sp³-hybridized carbons (Fsp3) is 0.273. The van der Waals surface area contributed by atoms with Crippen LogP contribution in [0.4, 0.5) is 0 Å². The lowest BCUT2D eigenvalue weighted by molar-refractivity contribution is -0.122. The zero-order valence-corrected chi connectivity index (χ0v) is 20.3. The number of rotatable bonds is 7. The molecule has 1 fully saturated rings. The summed E-state index contributed by atoms with van der Waals surface area (Å²) >= 11 is 8.92. The van der Waals surface area contributed by atoms with E-state index in [0.29, 0.717) is 33.9 Å². The maximum atomic E-state index is 12.6. The lowest BCUT2D eigenvalue weighted by atomic mass is 10.1. The van der Waals surface area contributed by atoms with Crippen molar-refractivity contribution in [3.05, 3.63) is 61.6 Å². The molecular weight excluding hydrogens is 517 g/mol. The summed E-state index contributed by atoms with van der Waals surface area (Å²) in [5.41, 5.74) is 3.19. The van der Waals surface area contributed by atoms with Gasteiger partial charge in [0.25, 0.3) is 5.91 Å². The van der Waals surface area contributed by atoms with Crippen molar-refractivity contribution < 1.29 is 14.3 Å². The molecule has 7 heteroatoms. The van der Waals surface area contributed by atoms with Crippen LogP contribution < -0.4 is 9.47 Å². The third-order valence-corrected chi connectivity index (χ3v) is 6.55. The maximum absolute atomic E-state index is 12.6. The number of aryl methyl sites for hydroxylation is 1. The summed E-state index contributed by atoms with van der Waals surface area (Å²) in [6.07, 6.45) is 2.74. The molecule has 2 aromatic carbocycles. The van der Waals surface area contributed by atoms with Crippen LogP contribution in [0.1, 0.15) is 30.0 Å². The van der Waals surface area contributed by atoms with E-state index in [1.165, 1.54) is 17.3 Å². The van der Waals surface area contributed by atoms with Gasteiger partial charge in [-0.15, -0.1) is 0 Å². The smallest absolute Gasteiger partial charge is 0.266 e. The molecule has 3 rings (SSSR count). The maximum Gasteiger partial charge on any atom is 0.266 e. The molecule has 0 atom stereocenters. The third kappa shape index (κ3) is 5.32. The molecule has 0 radical (unpaired) electrons. The first-order valence-corrected chi connectivity index (χ1v) is 11.5. The number of benzene rings is 2. The number of carbonyl (C=O) groups excluding carboxylic acids is 1. The van der Waals surface area contributed by atoms with Gasteiger partial charge in [-0.05, 0) is 65.3 Å². The number of halogens is 1. The Kier molecular flexibility index (Phi) is 7.59. The van der Waals surface area contributed by atoms with E-state index in [1.807, 2.05) is 25.1 Å². The van der Waals surface area contributed by atoms with Crippen LogP contribution in [0, 0.1) is 10.5 Å². The van der Waals surface area contributed by atoms with Crippen molar-refractivity contribution in [3.8, 4) is 11.5 Å². The molecule has 0 aliphatic carbocycles. The summed E-state index contributed by atoms with van der Waals surface area (Å²) in [6.45, 7) is 5.20. The topological polar surface area (TPSA) is 38.8 Å². The molecule has 1 amide bonds. The minimum absolute atomic E-state index is 0.0319. The summed E-state index contributed by atoms with van der Waals surface area (Å²) in [5, 5.41) is 0. The number of amides is 1. The summed E-state index contributed by atoms with van der Waals surface area (Å²) in [4.78, 5) is 14.9. The lowest BCUT2D eigenvalue weighted by Crippen LogP contribution is -2.28. The van der Waals surface area contributed by atoms with Crippen molar-refractivity contribution in [2.24, 2.45) is 0 Å². The number of thiocarbonyl (C=S) groups is 1. The highest BCUT2D eigenvalue weighted by molar-refractivity contribution is 14.1. The van der Waals surface area contributed by atoms with Crippen molar-refractivity contribution in [1.29, 1.82) is 0 Å². The first-order valence-electron chi connectivity index (χ1n) is 9.24. The van der Waals surface area contributed by atoms with Crippen molar-refractivity contribution in [2.45, 2.75) is 26.9 Å².